The summed E-state index contributed by atoms with van der Waals surface area (Å²) in [6.45, 7) is 0.0596. The quantitative estimate of drug-likeness (QED) is 0.706. The summed E-state index contributed by atoms with van der Waals surface area (Å²) >= 11 is 3.27. The van der Waals surface area contributed by atoms with E-state index in [1.165, 1.54) is 27.7 Å². The van der Waals surface area contributed by atoms with Crippen LogP contribution in [0, 0.1) is 0 Å². The molecule has 0 saturated carbocycles. The summed E-state index contributed by atoms with van der Waals surface area (Å²) in [4.78, 5) is 12.0. The van der Waals surface area contributed by atoms with Crippen molar-refractivity contribution in [3.8, 4) is 0 Å². The molecule has 0 radical (unpaired) electrons. The summed E-state index contributed by atoms with van der Waals surface area (Å²) in [5.41, 5.74) is 1.56. The minimum absolute atomic E-state index is 0.0580. The molecule has 0 fully saturated rings. The summed E-state index contributed by atoms with van der Waals surface area (Å²) in [5.74, 6) is 0. The number of hydrogen-bond donors (Lipinski definition) is 1. The number of hydrogen-bond acceptors (Lipinski definition) is 5. The van der Waals surface area contributed by atoms with E-state index >= 15 is 0 Å². The van der Waals surface area contributed by atoms with Crippen molar-refractivity contribution in [1.29, 1.82) is 0 Å². The largest absolute Gasteiger partial charge is 0.364 e. The second kappa shape index (κ2) is 5.62. The van der Waals surface area contributed by atoms with Crippen LogP contribution in [0.4, 0.5) is 0 Å². The van der Waals surface area contributed by atoms with Crippen LogP contribution in [0.15, 0.2) is 43.3 Å². The first kappa shape index (κ1) is 16.0. The zero-order valence-corrected chi connectivity index (χ0v) is 14.7. The Bertz CT molecular complexity index is 1030. The van der Waals surface area contributed by atoms with Crippen LogP contribution in [0.1, 0.15) is 5.56 Å². The van der Waals surface area contributed by atoms with Crippen LogP contribution in [0.3, 0.4) is 0 Å². The lowest BCUT2D eigenvalue weighted by Crippen LogP contribution is -2.23. The van der Waals surface area contributed by atoms with Crippen molar-refractivity contribution < 1.29 is 12.9 Å². The normalized spacial score (nSPS) is 12.1. The molecule has 0 saturated heterocycles. The monoisotopic (exact) mass is 400 g/mol. The van der Waals surface area contributed by atoms with Gasteiger partial charge in [-0.2, -0.15) is 0 Å². The molecule has 0 spiro atoms. The molecular formula is C13H13BrN4O4S. The molecule has 122 valence electrons. The van der Waals surface area contributed by atoms with E-state index in [0.29, 0.717) is 21.1 Å². The first-order valence-electron chi connectivity index (χ1n) is 6.54. The summed E-state index contributed by atoms with van der Waals surface area (Å²) in [7, 11) is -0.539. The van der Waals surface area contributed by atoms with E-state index in [4.69, 9.17) is 0 Å². The highest BCUT2D eigenvalue weighted by Gasteiger charge is 2.21. The van der Waals surface area contributed by atoms with E-state index in [2.05, 4.69) is 30.3 Å². The average molecular weight is 401 g/mol. The van der Waals surface area contributed by atoms with Crippen molar-refractivity contribution >= 4 is 37.0 Å². The third kappa shape index (κ3) is 2.73. The van der Waals surface area contributed by atoms with Crippen molar-refractivity contribution in [3.63, 3.8) is 0 Å². The Kier molecular flexibility index (Phi) is 3.90. The maximum Gasteiger partial charge on any atom is 0.328 e. The zero-order valence-electron chi connectivity index (χ0n) is 12.3. The van der Waals surface area contributed by atoms with E-state index in [1.54, 1.807) is 20.2 Å². The summed E-state index contributed by atoms with van der Waals surface area (Å²) in [6.07, 6.45) is 2.79. The zero-order chi connectivity index (χ0) is 16.8. The van der Waals surface area contributed by atoms with Gasteiger partial charge in [0.1, 0.15) is 6.26 Å². The predicted molar refractivity (Wildman–Crippen MR) is 86.4 cm³/mol. The van der Waals surface area contributed by atoms with E-state index in [9.17, 15) is 13.2 Å². The Morgan fingerprint density at radius 1 is 1.26 bits per heavy atom. The first-order valence-corrected chi connectivity index (χ1v) is 8.82. The molecule has 2 heterocycles. The maximum absolute atomic E-state index is 12.5. The third-order valence-corrected chi connectivity index (χ3v) is 5.92. The van der Waals surface area contributed by atoms with Gasteiger partial charge in [0.25, 0.3) is 0 Å². The second-order valence-electron chi connectivity index (χ2n) is 5.03. The Balaban J connectivity index is 2.06. The number of nitrogens with one attached hydrogen (secondary N) is 1. The number of benzene rings is 1. The van der Waals surface area contributed by atoms with Crippen LogP contribution in [0.5, 0.6) is 0 Å². The maximum atomic E-state index is 12.5. The van der Waals surface area contributed by atoms with Gasteiger partial charge in [-0.1, -0.05) is 5.16 Å². The smallest absolute Gasteiger partial charge is 0.328 e. The number of sulfonamides is 1. The van der Waals surface area contributed by atoms with Gasteiger partial charge >= 0.3 is 5.69 Å². The first-order chi connectivity index (χ1) is 10.8. The lowest BCUT2D eigenvalue weighted by molar-refractivity contribution is 0.419. The van der Waals surface area contributed by atoms with Gasteiger partial charge in [0.2, 0.25) is 10.0 Å². The van der Waals surface area contributed by atoms with Gasteiger partial charge < -0.3 is 4.52 Å². The van der Waals surface area contributed by atoms with Crippen molar-refractivity contribution in [2.75, 3.05) is 0 Å². The standard InChI is InChI=1S/C13H13BrN4O4S/c1-17-10-3-9(14)12(4-11(10)18(2)13(17)19)23(20,21)16-6-8-5-15-22-7-8/h3-5,7,16H,6H2,1-2H3. The Morgan fingerprint density at radius 2 is 1.91 bits per heavy atom. The van der Waals surface area contributed by atoms with Crippen LogP contribution in [-0.4, -0.2) is 22.7 Å². The van der Waals surface area contributed by atoms with Crippen LogP contribution < -0.4 is 10.4 Å². The fourth-order valence-corrected chi connectivity index (χ4v) is 4.34. The molecule has 0 amide bonds. The molecule has 1 N–H and O–H groups in total. The van der Waals surface area contributed by atoms with Gasteiger partial charge in [0.15, 0.2) is 0 Å². The highest BCUT2D eigenvalue weighted by molar-refractivity contribution is 9.10. The number of nitrogens with zero attached hydrogens (tertiary/aromatic N) is 3. The van der Waals surface area contributed by atoms with Crippen molar-refractivity contribution in [1.82, 2.24) is 19.0 Å². The molecule has 3 aromatic rings. The van der Waals surface area contributed by atoms with E-state index in [0.717, 1.165) is 0 Å². The number of aromatic nitrogens is 3. The molecule has 0 aliphatic rings. The van der Waals surface area contributed by atoms with Crippen molar-refractivity contribution in [2.45, 2.75) is 11.4 Å². The SMILES string of the molecule is Cn1c(=O)n(C)c2cc(S(=O)(=O)NCc3cnoc3)c(Br)cc21. The van der Waals surface area contributed by atoms with Crippen LogP contribution in [-0.2, 0) is 30.7 Å². The molecule has 23 heavy (non-hydrogen) atoms. The molecule has 2 aromatic heterocycles. The number of aryl methyl sites for hydroxylation is 2. The van der Waals surface area contributed by atoms with Crippen molar-refractivity contribution in [3.05, 3.63) is 45.1 Å². The molecular weight excluding hydrogens is 388 g/mol. The molecule has 10 heteroatoms. The van der Waals surface area contributed by atoms with Gasteiger partial charge in [0.05, 0.1) is 22.1 Å². The molecule has 0 aliphatic heterocycles. The van der Waals surface area contributed by atoms with Gasteiger partial charge in [-0.3, -0.25) is 9.13 Å². The summed E-state index contributed by atoms with van der Waals surface area (Å²) in [6, 6.07) is 3.08. The second-order valence-corrected chi connectivity index (χ2v) is 7.62. The van der Waals surface area contributed by atoms with E-state index in [-0.39, 0.29) is 17.1 Å². The molecule has 8 nitrogen and oxygen atoms in total. The van der Waals surface area contributed by atoms with Gasteiger partial charge in [-0.25, -0.2) is 17.9 Å². The van der Waals surface area contributed by atoms with Crippen LogP contribution >= 0.6 is 15.9 Å². The lowest BCUT2D eigenvalue weighted by Gasteiger charge is -2.08. The van der Waals surface area contributed by atoms with Crippen molar-refractivity contribution in [2.24, 2.45) is 14.1 Å². The minimum Gasteiger partial charge on any atom is -0.364 e. The number of imidazole rings is 1. The molecule has 3 rings (SSSR count). The summed E-state index contributed by atoms with van der Waals surface area (Å²) < 4.78 is 35.4. The predicted octanol–water partition coefficient (Wildman–Crippen LogP) is 1.11. The Labute approximate surface area is 139 Å². The number of rotatable bonds is 4. The number of halogens is 1. The summed E-state index contributed by atoms with van der Waals surface area (Å²) in [5, 5.41) is 3.52. The molecule has 0 unspecified atom stereocenters. The van der Waals surface area contributed by atoms with Gasteiger partial charge in [0, 0.05) is 30.7 Å². The van der Waals surface area contributed by atoms with Crippen LogP contribution in [0.25, 0.3) is 11.0 Å². The fourth-order valence-electron chi connectivity index (χ4n) is 2.28. The molecule has 0 atom stereocenters. The minimum atomic E-state index is -3.77. The average Bonchev–Trinajstić information content (AvgIpc) is 3.09. The van der Waals surface area contributed by atoms with Crippen LogP contribution in [0.2, 0.25) is 0 Å². The van der Waals surface area contributed by atoms with E-state index in [1.807, 2.05) is 0 Å². The molecule has 0 aliphatic carbocycles. The van der Waals surface area contributed by atoms with E-state index < -0.39 is 10.0 Å². The van der Waals surface area contributed by atoms with Gasteiger partial charge in [-0.15, -0.1) is 0 Å². The Hall–Kier alpha value is -1.91. The third-order valence-electron chi connectivity index (χ3n) is 3.56. The highest BCUT2D eigenvalue weighted by Crippen LogP contribution is 2.27. The molecule has 0 bridgehead atoms. The molecule has 1 aromatic carbocycles. The lowest BCUT2D eigenvalue weighted by atomic mass is 10.3. The fraction of sp³-hybridized carbons (Fsp3) is 0.231. The topological polar surface area (TPSA) is 99.1 Å². The highest BCUT2D eigenvalue weighted by atomic mass is 79.9. The van der Waals surface area contributed by atoms with Gasteiger partial charge in [-0.05, 0) is 28.1 Å². The Morgan fingerprint density at radius 3 is 2.52 bits per heavy atom. The number of fused-ring (bicyclic) bond motifs is 1.